The van der Waals surface area contributed by atoms with Gasteiger partial charge in [-0.25, -0.2) is 0 Å². The Labute approximate surface area is 97.6 Å². The molecule has 0 atom stereocenters. The zero-order valence-electron chi connectivity index (χ0n) is 8.66. The third kappa shape index (κ3) is 3.28. The lowest BCUT2D eigenvalue weighted by atomic mass is 10.3. The smallest absolute Gasteiger partial charge is 0.285 e. The highest BCUT2D eigenvalue weighted by Crippen LogP contribution is 2.16. The number of carbonyl (C=O) groups excluding carboxylic acids is 1. The van der Waals surface area contributed by atoms with E-state index in [1.165, 1.54) is 0 Å². The Bertz CT molecular complexity index is 377. The summed E-state index contributed by atoms with van der Waals surface area (Å²) in [6, 6.07) is 0. The molecule has 0 spiro atoms. The Hall–Kier alpha value is -0.940. The molecule has 0 aliphatic heterocycles. The van der Waals surface area contributed by atoms with Crippen LogP contribution in [0.3, 0.4) is 0 Å². The average Bonchev–Trinajstić information content (AvgIpc) is 2.60. The minimum Gasteiger partial charge on any atom is -0.333 e. The maximum atomic E-state index is 11.9. The van der Waals surface area contributed by atoms with E-state index in [9.17, 15) is 4.79 Å². The molecule has 0 saturated heterocycles. The molecule has 4 nitrogen and oxygen atoms in total. The molecule has 0 bridgehead atoms. The van der Waals surface area contributed by atoms with Gasteiger partial charge in [-0.05, 0) is 25.4 Å². The van der Waals surface area contributed by atoms with Crippen molar-refractivity contribution < 1.29 is 4.79 Å². The number of amides is 1. The van der Waals surface area contributed by atoms with Crippen LogP contribution in [-0.4, -0.2) is 34.1 Å². The normalized spacial score (nSPS) is 10.1. The molecule has 1 rings (SSSR count). The number of carbonyl (C=O) groups is 1. The molecule has 0 aliphatic carbocycles. The molecule has 82 valence electrons. The van der Waals surface area contributed by atoms with Gasteiger partial charge in [0.2, 0.25) is 9.47 Å². The Morgan fingerprint density at radius 1 is 1.60 bits per heavy atom. The fourth-order valence-electron chi connectivity index (χ4n) is 1.08. The van der Waals surface area contributed by atoms with Gasteiger partial charge in [-0.3, -0.25) is 4.79 Å². The van der Waals surface area contributed by atoms with Crippen molar-refractivity contribution in [2.75, 3.05) is 13.1 Å². The van der Waals surface area contributed by atoms with E-state index in [4.69, 9.17) is 11.6 Å². The fourth-order valence-corrected chi connectivity index (χ4v) is 1.88. The standard InChI is InChI=1S/C9H12ClN3OS/c1-4-13(5-6(2)3)8(14)7-11-12-9(10)15-7/h2,4-5H2,1,3H3. The van der Waals surface area contributed by atoms with Crippen molar-refractivity contribution in [3.8, 4) is 0 Å². The maximum Gasteiger partial charge on any atom is 0.285 e. The molecule has 6 heteroatoms. The largest absolute Gasteiger partial charge is 0.333 e. The Morgan fingerprint density at radius 3 is 2.67 bits per heavy atom. The first-order valence-corrected chi connectivity index (χ1v) is 5.66. The van der Waals surface area contributed by atoms with E-state index in [-0.39, 0.29) is 10.4 Å². The van der Waals surface area contributed by atoms with Crippen LogP contribution < -0.4 is 0 Å². The van der Waals surface area contributed by atoms with Gasteiger partial charge in [0.1, 0.15) is 0 Å². The monoisotopic (exact) mass is 245 g/mol. The highest BCUT2D eigenvalue weighted by molar-refractivity contribution is 7.17. The molecule has 0 N–H and O–H groups in total. The van der Waals surface area contributed by atoms with Gasteiger partial charge in [0.25, 0.3) is 5.91 Å². The molecule has 0 radical (unpaired) electrons. The Morgan fingerprint density at radius 2 is 2.27 bits per heavy atom. The summed E-state index contributed by atoms with van der Waals surface area (Å²) < 4.78 is 0.282. The Balaban J connectivity index is 2.77. The number of nitrogens with zero attached hydrogens (tertiary/aromatic N) is 3. The number of likely N-dealkylation sites (N-methyl/N-ethyl adjacent to an activating group) is 1. The summed E-state index contributed by atoms with van der Waals surface area (Å²) in [6.45, 7) is 8.70. The fraction of sp³-hybridized carbons (Fsp3) is 0.444. The molecule has 0 saturated carbocycles. The first-order chi connectivity index (χ1) is 7.04. The summed E-state index contributed by atoms with van der Waals surface area (Å²) in [5.74, 6) is -0.148. The lowest BCUT2D eigenvalue weighted by Gasteiger charge is -2.18. The van der Waals surface area contributed by atoms with Crippen molar-refractivity contribution in [2.45, 2.75) is 13.8 Å². The second-order valence-corrected chi connectivity index (χ2v) is 4.70. The predicted molar refractivity (Wildman–Crippen MR) is 61.3 cm³/mol. The summed E-state index contributed by atoms with van der Waals surface area (Å²) in [5.41, 5.74) is 0.931. The average molecular weight is 246 g/mol. The summed E-state index contributed by atoms with van der Waals surface area (Å²) in [6.07, 6.45) is 0. The molecule has 0 aromatic carbocycles. The molecule has 1 heterocycles. The van der Waals surface area contributed by atoms with Crippen molar-refractivity contribution in [1.29, 1.82) is 0 Å². The van der Waals surface area contributed by atoms with Gasteiger partial charge in [0.15, 0.2) is 0 Å². The minimum atomic E-state index is -0.148. The van der Waals surface area contributed by atoms with Crippen molar-refractivity contribution in [1.82, 2.24) is 15.1 Å². The topological polar surface area (TPSA) is 46.1 Å². The summed E-state index contributed by atoms with van der Waals surface area (Å²) in [5, 5.41) is 7.63. The number of aromatic nitrogens is 2. The van der Waals surface area contributed by atoms with Crippen LogP contribution in [0.25, 0.3) is 0 Å². The van der Waals surface area contributed by atoms with E-state index in [1.54, 1.807) is 4.90 Å². The second kappa shape index (κ2) is 5.23. The van der Waals surface area contributed by atoms with Gasteiger partial charge in [0, 0.05) is 13.1 Å². The van der Waals surface area contributed by atoms with E-state index < -0.39 is 0 Å². The highest BCUT2D eigenvalue weighted by atomic mass is 35.5. The van der Waals surface area contributed by atoms with Crippen LogP contribution in [-0.2, 0) is 0 Å². The third-order valence-corrected chi connectivity index (χ3v) is 2.72. The summed E-state index contributed by atoms with van der Waals surface area (Å²) >= 11 is 6.70. The maximum absolute atomic E-state index is 11.9. The van der Waals surface area contributed by atoms with Gasteiger partial charge in [-0.15, -0.1) is 10.2 Å². The van der Waals surface area contributed by atoms with E-state index in [2.05, 4.69) is 16.8 Å². The van der Waals surface area contributed by atoms with Crippen LogP contribution in [0.1, 0.15) is 23.6 Å². The van der Waals surface area contributed by atoms with Crippen molar-refractivity contribution in [3.63, 3.8) is 0 Å². The van der Waals surface area contributed by atoms with Gasteiger partial charge in [-0.2, -0.15) is 0 Å². The van der Waals surface area contributed by atoms with Crippen molar-refractivity contribution in [3.05, 3.63) is 21.6 Å². The van der Waals surface area contributed by atoms with Crippen LogP contribution in [0.2, 0.25) is 4.47 Å². The number of rotatable bonds is 4. The third-order valence-electron chi connectivity index (χ3n) is 1.71. The zero-order valence-corrected chi connectivity index (χ0v) is 10.2. The molecule has 0 fully saturated rings. The van der Waals surface area contributed by atoms with Crippen LogP contribution in [0.4, 0.5) is 0 Å². The van der Waals surface area contributed by atoms with Gasteiger partial charge in [-0.1, -0.05) is 23.5 Å². The molecule has 1 aromatic heterocycles. The number of halogens is 1. The Kier molecular flexibility index (Phi) is 4.23. The lowest BCUT2D eigenvalue weighted by Crippen LogP contribution is -2.32. The van der Waals surface area contributed by atoms with Crippen molar-refractivity contribution in [2.24, 2.45) is 0 Å². The number of hydrogen-bond donors (Lipinski definition) is 0. The van der Waals surface area contributed by atoms with Gasteiger partial charge < -0.3 is 4.90 Å². The molecule has 1 amide bonds. The molecular weight excluding hydrogens is 234 g/mol. The van der Waals surface area contributed by atoms with E-state index in [1.807, 2.05) is 13.8 Å². The molecule has 0 unspecified atom stereocenters. The predicted octanol–water partition coefficient (Wildman–Crippen LogP) is 2.23. The second-order valence-electron chi connectivity index (χ2n) is 3.14. The number of hydrogen-bond acceptors (Lipinski definition) is 4. The van der Waals surface area contributed by atoms with Crippen molar-refractivity contribution >= 4 is 28.8 Å². The quantitative estimate of drug-likeness (QED) is 0.765. The first-order valence-electron chi connectivity index (χ1n) is 4.47. The highest BCUT2D eigenvalue weighted by Gasteiger charge is 2.18. The SMILES string of the molecule is C=C(C)CN(CC)C(=O)c1nnc(Cl)s1. The van der Waals surface area contributed by atoms with Crippen LogP contribution in [0.15, 0.2) is 12.2 Å². The van der Waals surface area contributed by atoms with Gasteiger partial charge in [0.05, 0.1) is 0 Å². The molecule has 0 aliphatic rings. The minimum absolute atomic E-state index is 0.148. The lowest BCUT2D eigenvalue weighted by molar-refractivity contribution is 0.0777. The molecular formula is C9H12ClN3OS. The molecule has 1 aromatic rings. The zero-order chi connectivity index (χ0) is 11.4. The van der Waals surface area contributed by atoms with E-state index in [0.717, 1.165) is 16.9 Å². The first kappa shape index (κ1) is 12.1. The molecule has 15 heavy (non-hydrogen) atoms. The van der Waals surface area contributed by atoms with E-state index >= 15 is 0 Å². The van der Waals surface area contributed by atoms with Crippen LogP contribution >= 0.6 is 22.9 Å². The van der Waals surface area contributed by atoms with Gasteiger partial charge >= 0.3 is 0 Å². The van der Waals surface area contributed by atoms with Crippen LogP contribution in [0.5, 0.6) is 0 Å². The van der Waals surface area contributed by atoms with Crippen LogP contribution in [0, 0.1) is 0 Å². The van der Waals surface area contributed by atoms with E-state index in [0.29, 0.717) is 18.1 Å². The summed E-state index contributed by atoms with van der Waals surface area (Å²) in [7, 11) is 0. The summed E-state index contributed by atoms with van der Waals surface area (Å²) in [4.78, 5) is 13.5.